The Hall–Kier alpha value is -0.410. The van der Waals surface area contributed by atoms with E-state index in [0.29, 0.717) is 10.4 Å². The molecule has 0 spiro atoms. The van der Waals surface area contributed by atoms with Crippen molar-refractivity contribution in [2.24, 2.45) is 11.7 Å². The third-order valence-corrected chi connectivity index (χ3v) is 3.20. The van der Waals surface area contributed by atoms with Crippen LogP contribution in [0.15, 0.2) is 22.7 Å². The van der Waals surface area contributed by atoms with Crippen molar-refractivity contribution in [3.05, 3.63) is 34.1 Å². The Morgan fingerprint density at radius 3 is 2.56 bits per heavy atom. The van der Waals surface area contributed by atoms with Gasteiger partial charge in [0.25, 0.3) is 0 Å². The van der Waals surface area contributed by atoms with Gasteiger partial charge in [-0.15, -0.1) is 0 Å². The molecule has 1 aromatic carbocycles. The van der Waals surface area contributed by atoms with Crippen LogP contribution in [0.25, 0.3) is 0 Å². The molecule has 0 aromatic heterocycles. The number of hydrogen-bond donors (Lipinski definition) is 1. The van der Waals surface area contributed by atoms with Crippen LogP contribution in [0.5, 0.6) is 0 Å². The van der Waals surface area contributed by atoms with Crippen molar-refractivity contribution in [2.45, 2.75) is 39.2 Å². The lowest BCUT2D eigenvalue weighted by Gasteiger charge is -2.13. The van der Waals surface area contributed by atoms with Crippen molar-refractivity contribution in [3.8, 4) is 0 Å². The topological polar surface area (TPSA) is 26.0 Å². The highest BCUT2D eigenvalue weighted by molar-refractivity contribution is 9.10. The molecule has 0 saturated heterocycles. The van der Waals surface area contributed by atoms with Crippen LogP contribution in [0.2, 0.25) is 0 Å². The molecule has 16 heavy (non-hydrogen) atoms. The normalized spacial score (nSPS) is 13.1. The molecule has 90 valence electrons. The van der Waals surface area contributed by atoms with Gasteiger partial charge in [-0.05, 0) is 58.8 Å². The van der Waals surface area contributed by atoms with E-state index in [9.17, 15) is 4.39 Å². The summed E-state index contributed by atoms with van der Waals surface area (Å²) >= 11 is 3.18. The lowest BCUT2D eigenvalue weighted by molar-refractivity contribution is 0.494. The minimum absolute atomic E-state index is 0.166. The maximum atomic E-state index is 13.0. The van der Waals surface area contributed by atoms with Crippen LogP contribution < -0.4 is 5.73 Å². The summed E-state index contributed by atoms with van der Waals surface area (Å²) in [6.07, 6.45) is 2.97. The highest BCUT2D eigenvalue weighted by Gasteiger charge is 2.07. The molecule has 1 aromatic rings. The Balaban J connectivity index is 2.49. The van der Waals surface area contributed by atoms with Gasteiger partial charge in [-0.2, -0.15) is 0 Å². The van der Waals surface area contributed by atoms with Crippen LogP contribution in [-0.2, 0) is 6.42 Å². The van der Waals surface area contributed by atoms with Gasteiger partial charge in [-0.1, -0.05) is 19.9 Å². The van der Waals surface area contributed by atoms with E-state index >= 15 is 0 Å². The largest absolute Gasteiger partial charge is 0.327 e. The van der Waals surface area contributed by atoms with E-state index in [-0.39, 0.29) is 11.9 Å². The van der Waals surface area contributed by atoms with Gasteiger partial charge in [-0.25, -0.2) is 4.39 Å². The molecule has 0 radical (unpaired) electrons. The van der Waals surface area contributed by atoms with Gasteiger partial charge >= 0.3 is 0 Å². The second kappa shape index (κ2) is 6.36. The number of benzene rings is 1. The number of halogens is 2. The molecular formula is C13H19BrFN. The first-order chi connectivity index (χ1) is 7.49. The second-order valence-electron chi connectivity index (χ2n) is 4.68. The summed E-state index contributed by atoms with van der Waals surface area (Å²) in [6, 6.07) is 5.26. The van der Waals surface area contributed by atoms with Crippen LogP contribution in [-0.4, -0.2) is 6.04 Å². The second-order valence-corrected chi connectivity index (χ2v) is 5.54. The fourth-order valence-electron chi connectivity index (χ4n) is 1.62. The van der Waals surface area contributed by atoms with Crippen molar-refractivity contribution in [1.29, 1.82) is 0 Å². The fourth-order valence-corrected chi connectivity index (χ4v) is 2.05. The molecule has 1 nitrogen and oxygen atoms in total. The standard InChI is InChI=1S/C13H19BrFN/c1-9(2)3-5-11(16)7-10-4-6-13(15)12(14)8-10/h4,6,8-9,11H,3,5,7,16H2,1-2H3. The minimum atomic E-state index is -0.223. The molecular weight excluding hydrogens is 269 g/mol. The molecule has 0 bridgehead atoms. The Morgan fingerprint density at radius 2 is 2.00 bits per heavy atom. The van der Waals surface area contributed by atoms with Crippen LogP contribution in [0.1, 0.15) is 32.3 Å². The predicted octanol–water partition coefficient (Wildman–Crippen LogP) is 3.89. The Morgan fingerprint density at radius 1 is 1.31 bits per heavy atom. The van der Waals surface area contributed by atoms with Crippen molar-refractivity contribution < 1.29 is 4.39 Å². The van der Waals surface area contributed by atoms with E-state index < -0.39 is 0 Å². The Labute approximate surface area is 105 Å². The zero-order valence-electron chi connectivity index (χ0n) is 9.84. The SMILES string of the molecule is CC(C)CCC(N)Cc1ccc(F)c(Br)c1. The van der Waals surface area contributed by atoms with Crippen LogP contribution in [0.3, 0.4) is 0 Å². The summed E-state index contributed by atoms with van der Waals surface area (Å²) in [5, 5.41) is 0. The smallest absolute Gasteiger partial charge is 0.137 e. The maximum absolute atomic E-state index is 13.0. The van der Waals surface area contributed by atoms with Gasteiger partial charge < -0.3 is 5.73 Å². The molecule has 0 aliphatic heterocycles. The first kappa shape index (κ1) is 13.7. The monoisotopic (exact) mass is 287 g/mol. The van der Waals surface area contributed by atoms with E-state index in [1.165, 1.54) is 6.07 Å². The highest BCUT2D eigenvalue weighted by atomic mass is 79.9. The first-order valence-electron chi connectivity index (χ1n) is 5.68. The van der Waals surface area contributed by atoms with E-state index in [1.54, 1.807) is 6.07 Å². The average Bonchev–Trinajstić information content (AvgIpc) is 2.21. The summed E-state index contributed by atoms with van der Waals surface area (Å²) in [5.41, 5.74) is 7.12. The molecule has 0 amide bonds. The van der Waals surface area contributed by atoms with E-state index in [1.807, 2.05) is 6.07 Å². The van der Waals surface area contributed by atoms with Gasteiger partial charge in [-0.3, -0.25) is 0 Å². The fraction of sp³-hybridized carbons (Fsp3) is 0.538. The van der Waals surface area contributed by atoms with E-state index in [0.717, 1.165) is 24.8 Å². The number of hydrogen-bond acceptors (Lipinski definition) is 1. The van der Waals surface area contributed by atoms with Crippen molar-refractivity contribution in [2.75, 3.05) is 0 Å². The molecule has 2 N–H and O–H groups in total. The molecule has 0 aliphatic rings. The highest BCUT2D eigenvalue weighted by Crippen LogP contribution is 2.18. The summed E-state index contributed by atoms with van der Waals surface area (Å²) in [6.45, 7) is 4.39. The Kier molecular flexibility index (Phi) is 5.42. The van der Waals surface area contributed by atoms with Crippen LogP contribution >= 0.6 is 15.9 Å². The number of nitrogens with two attached hydrogens (primary N) is 1. The predicted molar refractivity (Wildman–Crippen MR) is 69.9 cm³/mol. The molecule has 1 atom stereocenters. The first-order valence-corrected chi connectivity index (χ1v) is 6.48. The summed E-state index contributed by atoms with van der Waals surface area (Å²) in [7, 11) is 0. The van der Waals surface area contributed by atoms with Gasteiger partial charge in [0.15, 0.2) is 0 Å². The van der Waals surface area contributed by atoms with Gasteiger partial charge in [0, 0.05) is 6.04 Å². The summed E-state index contributed by atoms with van der Waals surface area (Å²) < 4.78 is 13.5. The lowest BCUT2D eigenvalue weighted by atomic mass is 9.98. The molecule has 0 saturated carbocycles. The molecule has 0 heterocycles. The lowest BCUT2D eigenvalue weighted by Crippen LogP contribution is -2.23. The zero-order chi connectivity index (χ0) is 12.1. The third kappa shape index (κ3) is 4.62. The average molecular weight is 288 g/mol. The number of rotatable bonds is 5. The maximum Gasteiger partial charge on any atom is 0.137 e. The van der Waals surface area contributed by atoms with Crippen LogP contribution in [0, 0.1) is 11.7 Å². The van der Waals surface area contributed by atoms with Gasteiger partial charge in [0.1, 0.15) is 5.82 Å². The van der Waals surface area contributed by atoms with E-state index in [2.05, 4.69) is 29.8 Å². The molecule has 1 unspecified atom stereocenters. The molecule has 1 rings (SSSR count). The van der Waals surface area contributed by atoms with Crippen molar-refractivity contribution in [1.82, 2.24) is 0 Å². The van der Waals surface area contributed by atoms with Gasteiger partial charge in [0.05, 0.1) is 4.47 Å². The summed E-state index contributed by atoms with van der Waals surface area (Å²) in [5.74, 6) is 0.463. The third-order valence-electron chi connectivity index (χ3n) is 2.60. The van der Waals surface area contributed by atoms with Gasteiger partial charge in [0.2, 0.25) is 0 Å². The van der Waals surface area contributed by atoms with Crippen molar-refractivity contribution >= 4 is 15.9 Å². The summed E-state index contributed by atoms with van der Waals surface area (Å²) in [4.78, 5) is 0. The molecule has 3 heteroatoms. The molecule has 0 aliphatic carbocycles. The van der Waals surface area contributed by atoms with Crippen LogP contribution in [0.4, 0.5) is 4.39 Å². The zero-order valence-corrected chi connectivity index (χ0v) is 11.4. The van der Waals surface area contributed by atoms with E-state index in [4.69, 9.17) is 5.73 Å². The minimum Gasteiger partial charge on any atom is -0.327 e. The molecule has 0 fully saturated rings. The quantitative estimate of drug-likeness (QED) is 0.874. The van der Waals surface area contributed by atoms with Crippen molar-refractivity contribution in [3.63, 3.8) is 0 Å². The Bertz CT molecular complexity index is 339.